The molecule has 2 rings (SSSR count). The van der Waals surface area contributed by atoms with Crippen LogP contribution < -0.4 is 11.1 Å². The Kier molecular flexibility index (Phi) is 2.55. The maximum atomic E-state index is 12.0. The van der Waals surface area contributed by atoms with E-state index >= 15 is 0 Å². The molecule has 0 aliphatic carbocycles. The van der Waals surface area contributed by atoms with E-state index in [2.05, 4.69) is 5.10 Å². The number of hydrogen-bond acceptors (Lipinski definition) is 3. The molecule has 88 valence electrons. The van der Waals surface area contributed by atoms with Gasteiger partial charge in [-0.1, -0.05) is 12.1 Å². The lowest BCUT2D eigenvalue weighted by Gasteiger charge is -2.10. The monoisotopic (exact) mass is 234 g/mol. The van der Waals surface area contributed by atoms with E-state index < -0.39 is 23.1 Å². The molecule has 0 aliphatic heterocycles. The smallest absolute Gasteiger partial charge is 0.328 e. The molecule has 0 radical (unpaired) electrons. The van der Waals surface area contributed by atoms with Crippen molar-refractivity contribution in [3.63, 3.8) is 0 Å². The van der Waals surface area contributed by atoms with Crippen molar-refractivity contribution in [1.29, 1.82) is 0 Å². The largest absolute Gasteiger partial charge is 0.480 e. The number of aromatic nitrogens is 2. The fraction of sp³-hybridized carbons (Fsp3) is 0.182. The first-order valence-electron chi connectivity index (χ1n) is 4.98. The third kappa shape index (κ3) is 1.73. The molecule has 6 nitrogen and oxygen atoms in total. The van der Waals surface area contributed by atoms with Gasteiger partial charge in [0.15, 0.2) is 0 Å². The van der Waals surface area contributed by atoms with Crippen molar-refractivity contribution in [2.24, 2.45) is 0 Å². The van der Waals surface area contributed by atoms with Gasteiger partial charge in [0.1, 0.15) is 6.04 Å². The van der Waals surface area contributed by atoms with Gasteiger partial charge >= 0.3 is 5.97 Å². The molecular weight excluding hydrogens is 224 g/mol. The number of nitrogens with zero attached hydrogens (tertiary/aromatic N) is 1. The van der Waals surface area contributed by atoms with E-state index in [9.17, 15) is 14.4 Å². The summed E-state index contributed by atoms with van der Waals surface area (Å²) in [7, 11) is 0. The summed E-state index contributed by atoms with van der Waals surface area (Å²) in [4.78, 5) is 34.4. The normalized spacial score (nSPS) is 12.5. The highest BCUT2D eigenvalue weighted by Crippen LogP contribution is 2.05. The maximum absolute atomic E-state index is 12.0. The maximum Gasteiger partial charge on any atom is 0.328 e. The molecule has 17 heavy (non-hydrogen) atoms. The second-order valence-corrected chi connectivity index (χ2v) is 3.68. The molecule has 1 atom stereocenters. The van der Waals surface area contributed by atoms with Crippen LogP contribution in [0.25, 0.3) is 10.8 Å². The number of carboxylic acids is 1. The van der Waals surface area contributed by atoms with Crippen molar-refractivity contribution in [3.8, 4) is 0 Å². The summed E-state index contributed by atoms with van der Waals surface area (Å²) in [5, 5.41) is 11.6. The van der Waals surface area contributed by atoms with Gasteiger partial charge in [-0.3, -0.25) is 14.7 Å². The average molecular weight is 234 g/mol. The van der Waals surface area contributed by atoms with E-state index in [1.807, 2.05) is 0 Å². The molecule has 0 spiro atoms. The van der Waals surface area contributed by atoms with Crippen molar-refractivity contribution >= 4 is 16.7 Å². The summed E-state index contributed by atoms with van der Waals surface area (Å²) in [6, 6.07) is 5.17. The highest BCUT2D eigenvalue weighted by Gasteiger charge is 2.17. The highest BCUT2D eigenvalue weighted by atomic mass is 16.4. The Hall–Kier alpha value is -2.37. The van der Waals surface area contributed by atoms with Crippen molar-refractivity contribution in [2.45, 2.75) is 13.0 Å². The van der Waals surface area contributed by atoms with Crippen LogP contribution in [0.2, 0.25) is 0 Å². The predicted molar refractivity (Wildman–Crippen MR) is 61.2 cm³/mol. The third-order valence-electron chi connectivity index (χ3n) is 2.59. The summed E-state index contributed by atoms with van der Waals surface area (Å²) in [5.41, 5.74) is -0.997. The Morgan fingerprint density at radius 3 is 2.47 bits per heavy atom. The van der Waals surface area contributed by atoms with Gasteiger partial charge in [0.05, 0.1) is 10.8 Å². The minimum absolute atomic E-state index is 0.212. The number of aromatic amines is 1. The molecule has 0 amide bonds. The van der Waals surface area contributed by atoms with Crippen molar-refractivity contribution in [3.05, 3.63) is 45.0 Å². The van der Waals surface area contributed by atoms with Crippen LogP contribution in [0.4, 0.5) is 0 Å². The molecule has 2 aromatic rings. The van der Waals surface area contributed by atoms with Crippen molar-refractivity contribution in [1.82, 2.24) is 9.78 Å². The fourth-order valence-electron chi connectivity index (χ4n) is 1.60. The van der Waals surface area contributed by atoms with Gasteiger partial charge in [0.25, 0.3) is 11.1 Å². The van der Waals surface area contributed by atoms with E-state index in [1.165, 1.54) is 19.1 Å². The lowest BCUT2D eigenvalue weighted by Crippen LogP contribution is -2.34. The third-order valence-corrected chi connectivity index (χ3v) is 2.59. The van der Waals surface area contributed by atoms with Crippen LogP contribution in [0.5, 0.6) is 0 Å². The summed E-state index contributed by atoms with van der Waals surface area (Å²) < 4.78 is 0.826. The van der Waals surface area contributed by atoms with Gasteiger partial charge < -0.3 is 5.11 Å². The Balaban J connectivity index is 2.85. The summed E-state index contributed by atoms with van der Waals surface area (Å²) in [6.07, 6.45) is 0. The second kappa shape index (κ2) is 3.89. The minimum atomic E-state index is -1.18. The lowest BCUT2D eigenvalue weighted by molar-refractivity contribution is -0.140. The Bertz CT molecular complexity index is 698. The second-order valence-electron chi connectivity index (χ2n) is 3.68. The van der Waals surface area contributed by atoms with Crippen LogP contribution in [0.1, 0.15) is 13.0 Å². The molecule has 1 heterocycles. The van der Waals surface area contributed by atoms with Gasteiger partial charge in [-0.25, -0.2) is 9.48 Å². The number of benzene rings is 1. The Labute approximate surface area is 95.1 Å². The average Bonchev–Trinajstić information content (AvgIpc) is 2.33. The number of fused-ring (bicyclic) bond motifs is 1. The molecule has 1 aromatic heterocycles. The Morgan fingerprint density at radius 1 is 1.29 bits per heavy atom. The first-order valence-corrected chi connectivity index (χ1v) is 4.98. The van der Waals surface area contributed by atoms with Crippen molar-refractivity contribution < 1.29 is 9.90 Å². The van der Waals surface area contributed by atoms with Crippen LogP contribution in [-0.4, -0.2) is 20.9 Å². The number of H-pyrrole nitrogens is 1. The zero-order valence-corrected chi connectivity index (χ0v) is 9.01. The molecule has 0 bridgehead atoms. The van der Waals surface area contributed by atoms with E-state index in [0.717, 1.165) is 4.68 Å². The number of nitrogens with one attached hydrogen (secondary N) is 1. The van der Waals surface area contributed by atoms with Crippen LogP contribution in [0.15, 0.2) is 33.9 Å². The summed E-state index contributed by atoms with van der Waals surface area (Å²) >= 11 is 0. The minimum Gasteiger partial charge on any atom is -0.480 e. The quantitative estimate of drug-likeness (QED) is 0.783. The molecule has 6 heteroatoms. The molecule has 0 aliphatic rings. The van der Waals surface area contributed by atoms with Gasteiger partial charge in [-0.15, -0.1) is 0 Å². The van der Waals surface area contributed by atoms with Crippen molar-refractivity contribution in [2.75, 3.05) is 0 Å². The van der Waals surface area contributed by atoms with Crippen LogP contribution in [-0.2, 0) is 4.79 Å². The first-order chi connectivity index (χ1) is 8.02. The van der Waals surface area contributed by atoms with E-state index in [4.69, 9.17) is 5.11 Å². The molecular formula is C11H10N2O4. The fourth-order valence-corrected chi connectivity index (χ4v) is 1.60. The standard InChI is InChI=1S/C11H10N2O4/c1-6(11(16)17)13-10(15)8-5-3-2-4-7(8)9(14)12-13/h2-6H,1H3,(H,12,14)(H,16,17)/t6-/m0/s1. The van der Waals surface area contributed by atoms with Gasteiger partial charge in [0, 0.05) is 0 Å². The molecule has 0 saturated heterocycles. The number of carboxylic acid groups (broad SMARTS) is 1. The molecule has 1 aromatic carbocycles. The first kappa shape index (κ1) is 11.1. The van der Waals surface area contributed by atoms with E-state index in [1.54, 1.807) is 12.1 Å². The molecule has 0 unspecified atom stereocenters. The van der Waals surface area contributed by atoms with Gasteiger partial charge in [0.2, 0.25) is 0 Å². The topological polar surface area (TPSA) is 92.2 Å². The zero-order chi connectivity index (χ0) is 12.6. The predicted octanol–water partition coefficient (Wildman–Crippen LogP) is 0.335. The molecule has 0 fully saturated rings. The SMILES string of the molecule is C[C@@H](C(=O)O)n1[nH]c(=O)c2ccccc2c1=O. The van der Waals surface area contributed by atoms with E-state index in [-0.39, 0.29) is 10.8 Å². The number of hydrogen-bond donors (Lipinski definition) is 2. The number of rotatable bonds is 2. The zero-order valence-electron chi connectivity index (χ0n) is 9.01. The van der Waals surface area contributed by atoms with Crippen LogP contribution in [0, 0.1) is 0 Å². The molecule has 2 N–H and O–H groups in total. The lowest BCUT2D eigenvalue weighted by atomic mass is 10.2. The molecule has 0 saturated carbocycles. The van der Waals surface area contributed by atoms with Crippen LogP contribution in [0.3, 0.4) is 0 Å². The summed E-state index contributed by atoms with van der Waals surface area (Å²) in [6.45, 7) is 1.33. The number of aliphatic carboxylic acids is 1. The number of carbonyl (C=O) groups is 1. The Morgan fingerprint density at radius 2 is 1.88 bits per heavy atom. The van der Waals surface area contributed by atoms with Gasteiger partial charge in [-0.05, 0) is 19.1 Å². The van der Waals surface area contributed by atoms with E-state index in [0.29, 0.717) is 0 Å². The van der Waals surface area contributed by atoms with Gasteiger partial charge in [-0.2, -0.15) is 0 Å². The van der Waals surface area contributed by atoms with Crippen LogP contribution >= 0.6 is 0 Å². The highest BCUT2D eigenvalue weighted by molar-refractivity contribution is 5.80. The summed E-state index contributed by atoms with van der Waals surface area (Å²) in [5.74, 6) is -1.18.